The zero-order chi connectivity index (χ0) is 17.7. The van der Waals surface area contributed by atoms with Crippen molar-refractivity contribution in [2.45, 2.75) is 44.3 Å². The molecular formula is C18H24ClN3O3. The fourth-order valence-corrected chi connectivity index (χ4v) is 3.23. The maximum Gasteiger partial charge on any atom is 0.264 e. The second-order valence-electron chi connectivity index (χ2n) is 6.45. The summed E-state index contributed by atoms with van der Waals surface area (Å²) in [5.74, 6) is 0.549. The van der Waals surface area contributed by atoms with Crippen molar-refractivity contribution in [3.05, 3.63) is 29.3 Å². The summed E-state index contributed by atoms with van der Waals surface area (Å²) in [6.45, 7) is 3.96. The Hall–Kier alpha value is -1.79. The van der Waals surface area contributed by atoms with Gasteiger partial charge in [-0.15, -0.1) is 0 Å². The van der Waals surface area contributed by atoms with E-state index in [0.717, 1.165) is 31.6 Å². The lowest BCUT2D eigenvalue weighted by Gasteiger charge is -2.36. The van der Waals surface area contributed by atoms with E-state index < -0.39 is 5.60 Å². The minimum atomic E-state index is -0.869. The first-order chi connectivity index (χ1) is 12.1. The molecule has 0 radical (unpaired) electrons. The molecule has 0 aromatic heterocycles. The molecule has 2 aliphatic rings. The van der Waals surface area contributed by atoms with Crippen LogP contribution in [0.25, 0.3) is 0 Å². The van der Waals surface area contributed by atoms with Gasteiger partial charge >= 0.3 is 0 Å². The number of hydrogen-bond acceptors (Lipinski definition) is 5. The Morgan fingerprint density at radius 1 is 1.40 bits per heavy atom. The molecule has 1 aromatic carbocycles. The van der Waals surface area contributed by atoms with Crippen LogP contribution in [0.15, 0.2) is 29.4 Å². The van der Waals surface area contributed by atoms with Crippen LogP contribution in [-0.2, 0) is 9.63 Å². The summed E-state index contributed by atoms with van der Waals surface area (Å²) >= 11 is 5.93. The predicted octanol–water partition coefficient (Wildman–Crippen LogP) is 2.51. The van der Waals surface area contributed by atoms with E-state index in [4.69, 9.17) is 21.2 Å². The van der Waals surface area contributed by atoms with Gasteiger partial charge in [0.1, 0.15) is 11.9 Å². The van der Waals surface area contributed by atoms with E-state index in [-0.39, 0.29) is 12.0 Å². The molecule has 0 bridgehead atoms. The normalized spacial score (nSPS) is 22.0. The van der Waals surface area contributed by atoms with Crippen molar-refractivity contribution < 1.29 is 14.4 Å². The third-order valence-corrected chi connectivity index (χ3v) is 4.90. The summed E-state index contributed by atoms with van der Waals surface area (Å²) in [6.07, 6.45) is 2.78. The number of carbonyl (C=O) groups excluding carboxylic acids is 1. The Balaban J connectivity index is 1.63. The molecule has 3 rings (SSSR count). The van der Waals surface area contributed by atoms with Gasteiger partial charge in [-0.3, -0.25) is 4.79 Å². The number of nitrogens with one attached hydrogen (secondary N) is 2. The lowest BCUT2D eigenvalue weighted by atomic mass is 9.90. The van der Waals surface area contributed by atoms with E-state index >= 15 is 0 Å². The van der Waals surface area contributed by atoms with Gasteiger partial charge in [0.2, 0.25) is 0 Å². The number of nitrogens with zero attached hydrogens (tertiary/aromatic N) is 1. The van der Waals surface area contributed by atoms with Crippen molar-refractivity contribution in [1.82, 2.24) is 10.6 Å². The summed E-state index contributed by atoms with van der Waals surface area (Å²) in [6, 6.07) is 7.11. The molecule has 1 saturated heterocycles. The molecule has 0 unspecified atom stereocenters. The number of carbonyl (C=O) groups is 1. The highest BCUT2D eigenvalue weighted by Gasteiger charge is 2.42. The molecule has 0 saturated carbocycles. The highest BCUT2D eigenvalue weighted by atomic mass is 35.5. The van der Waals surface area contributed by atoms with Crippen LogP contribution < -0.4 is 15.4 Å². The molecular weight excluding hydrogens is 342 g/mol. The highest BCUT2D eigenvalue weighted by molar-refractivity contribution is 6.30. The Kier molecular flexibility index (Phi) is 5.81. The molecule has 2 N–H and O–H groups in total. The maximum absolute atomic E-state index is 12.9. The first-order valence-electron chi connectivity index (χ1n) is 8.76. The fourth-order valence-electron chi connectivity index (χ4n) is 3.11. The lowest BCUT2D eigenvalue weighted by Crippen LogP contribution is -2.57. The predicted molar refractivity (Wildman–Crippen MR) is 97.1 cm³/mol. The Labute approximate surface area is 152 Å². The molecule has 2 aliphatic heterocycles. The van der Waals surface area contributed by atoms with Crippen molar-refractivity contribution in [3.8, 4) is 5.75 Å². The van der Waals surface area contributed by atoms with Crippen molar-refractivity contribution in [3.63, 3.8) is 0 Å². The molecule has 0 spiro atoms. The Bertz CT molecular complexity index is 627. The highest BCUT2D eigenvalue weighted by Crippen LogP contribution is 2.28. The molecule has 7 heteroatoms. The Morgan fingerprint density at radius 2 is 2.12 bits per heavy atom. The number of ether oxygens (including phenoxy) is 1. The summed E-state index contributed by atoms with van der Waals surface area (Å²) < 4.78 is 6.14. The smallest absolute Gasteiger partial charge is 0.264 e. The number of halogens is 1. The van der Waals surface area contributed by atoms with E-state index in [0.29, 0.717) is 30.2 Å². The van der Waals surface area contributed by atoms with Crippen LogP contribution in [0.2, 0.25) is 5.02 Å². The summed E-state index contributed by atoms with van der Waals surface area (Å²) in [7, 11) is 0. The quantitative estimate of drug-likeness (QED) is 0.812. The zero-order valence-corrected chi connectivity index (χ0v) is 15.1. The number of rotatable bonds is 6. The minimum absolute atomic E-state index is 0.0896. The lowest BCUT2D eigenvalue weighted by molar-refractivity contribution is -0.139. The summed E-state index contributed by atoms with van der Waals surface area (Å²) in [4.78, 5) is 18.3. The molecule has 25 heavy (non-hydrogen) atoms. The molecule has 6 nitrogen and oxygen atoms in total. The average Bonchev–Trinajstić information content (AvgIpc) is 3.10. The van der Waals surface area contributed by atoms with E-state index in [1.54, 1.807) is 24.3 Å². The number of amides is 1. The van der Waals surface area contributed by atoms with Gasteiger partial charge in [0.15, 0.2) is 5.60 Å². The standard InChI is InChI=1S/C18H24ClN3O3/c1-2-14-11-16(25-22-14)12-21-17(23)18(7-9-20-10-8-18)24-15-5-3-13(19)4-6-15/h3-6,16,20H,2,7-12H2,1H3,(H,21,23)/t16-/m0/s1. The van der Waals surface area contributed by atoms with E-state index in [9.17, 15) is 4.79 Å². The first kappa shape index (κ1) is 18.0. The zero-order valence-electron chi connectivity index (χ0n) is 14.4. The topological polar surface area (TPSA) is 72.0 Å². The first-order valence-corrected chi connectivity index (χ1v) is 9.14. The van der Waals surface area contributed by atoms with E-state index in [2.05, 4.69) is 15.8 Å². The van der Waals surface area contributed by atoms with Crippen molar-refractivity contribution in [2.75, 3.05) is 19.6 Å². The molecule has 136 valence electrons. The number of oxime groups is 1. The van der Waals surface area contributed by atoms with Crippen molar-refractivity contribution >= 4 is 23.2 Å². The largest absolute Gasteiger partial charge is 0.477 e. The monoisotopic (exact) mass is 365 g/mol. The van der Waals surface area contributed by atoms with Gasteiger partial charge in [-0.1, -0.05) is 23.7 Å². The van der Waals surface area contributed by atoms with Crippen molar-refractivity contribution in [2.24, 2.45) is 5.16 Å². The van der Waals surface area contributed by atoms with Gasteiger partial charge in [0, 0.05) is 24.3 Å². The van der Waals surface area contributed by atoms with Crippen LogP contribution in [0.3, 0.4) is 0 Å². The molecule has 1 fully saturated rings. The SMILES string of the molecule is CCC1=NO[C@H](CNC(=O)C2(Oc3ccc(Cl)cc3)CCNCC2)C1. The molecule has 1 atom stereocenters. The molecule has 0 aliphatic carbocycles. The summed E-state index contributed by atoms with van der Waals surface area (Å²) in [5, 5.41) is 10.9. The van der Waals surface area contributed by atoms with E-state index in [1.165, 1.54) is 0 Å². The van der Waals surface area contributed by atoms with Gasteiger partial charge in [-0.05, 0) is 43.8 Å². The van der Waals surface area contributed by atoms with Gasteiger partial charge in [0.25, 0.3) is 5.91 Å². The third kappa shape index (κ3) is 4.44. The molecule has 1 aromatic rings. The second-order valence-corrected chi connectivity index (χ2v) is 6.89. The number of benzene rings is 1. The number of hydrogen-bond donors (Lipinski definition) is 2. The molecule has 2 heterocycles. The van der Waals surface area contributed by atoms with Gasteiger partial charge in [-0.2, -0.15) is 0 Å². The third-order valence-electron chi connectivity index (χ3n) is 4.64. The van der Waals surface area contributed by atoms with Crippen LogP contribution >= 0.6 is 11.6 Å². The fraction of sp³-hybridized carbons (Fsp3) is 0.556. The van der Waals surface area contributed by atoms with Crippen LogP contribution in [0, 0.1) is 0 Å². The second kappa shape index (κ2) is 8.06. The Morgan fingerprint density at radius 3 is 2.76 bits per heavy atom. The summed E-state index contributed by atoms with van der Waals surface area (Å²) in [5.41, 5.74) is 0.166. The average molecular weight is 366 g/mol. The van der Waals surface area contributed by atoms with Gasteiger partial charge < -0.3 is 20.2 Å². The van der Waals surface area contributed by atoms with Crippen LogP contribution in [0.5, 0.6) is 5.75 Å². The van der Waals surface area contributed by atoms with Crippen LogP contribution in [0.1, 0.15) is 32.6 Å². The minimum Gasteiger partial charge on any atom is -0.477 e. The maximum atomic E-state index is 12.9. The van der Waals surface area contributed by atoms with Gasteiger partial charge in [0.05, 0.1) is 12.3 Å². The van der Waals surface area contributed by atoms with Crippen molar-refractivity contribution in [1.29, 1.82) is 0 Å². The van der Waals surface area contributed by atoms with E-state index in [1.807, 2.05) is 6.92 Å². The molecule has 1 amide bonds. The number of piperidine rings is 1. The van der Waals surface area contributed by atoms with Crippen LogP contribution in [-0.4, -0.2) is 43.0 Å². The van der Waals surface area contributed by atoms with Crippen LogP contribution in [0.4, 0.5) is 0 Å². The van der Waals surface area contributed by atoms with Gasteiger partial charge in [-0.25, -0.2) is 0 Å².